The number of rotatable bonds is 7. The van der Waals surface area contributed by atoms with Crippen LogP contribution in [0.5, 0.6) is 11.5 Å². The minimum atomic E-state index is -0.905. The normalized spacial score (nSPS) is 15.7. The Bertz CT molecular complexity index is 1150. The third kappa shape index (κ3) is 5.32. The van der Waals surface area contributed by atoms with Crippen LogP contribution in [0.25, 0.3) is 0 Å². The summed E-state index contributed by atoms with van der Waals surface area (Å²) in [5.41, 5.74) is 3.10. The first-order valence-corrected chi connectivity index (χ1v) is 10.7. The maximum Gasteiger partial charge on any atom is 0.307 e. The summed E-state index contributed by atoms with van der Waals surface area (Å²) >= 11 is 5.98. The number of aliphatic carboxylic acids is 1. The molecule has 0 aromatic heterocycles. The average molecular weight is 446 g/mol. The third-order valence-corrected chi connectivity index (χ3v) is 5.74. The molecule has 160 valence electrons. The number of hydrogen-bond donors (Lipinski definition) is 1. The van der Waals surface area contributed by atoms with Gasteiger partial charge in [0.25, 0.3) is 0 Å². The molecule has 1 saturated heterocycles. The molecular weight excluding hydrogens is 425 g/mol. The molecule has 3 aromatic rings. The zero-order valence-electron chi connectivity index (χ0n) is 17.3. The average Bonchev–Trinajstić information content (AvgIpc) is 3.10. The molecule has 32 heavy (non-hydrogen) atoms. The summed E-state index contributed by atoms with van der Waals surface area (Å²) in [5, 5.41) is 9.70. The molecule has 0 spiro atoms. The molecule has 2 radical (unpaired) electrons. The van der Waals surface area contributed by atoms with E-state index in [1.54, 1.807) is 42.5 Å². The van der Waals surface area contributed by atoms with Crippen molar-refractivity contribution >= 4 is 36.8 Å². The fourth-order valence-corrected chi connectivity index (χ4v) is 4.06. The van der Waals surface area contributed by atoms with Crippen molar-refractivity contribution in [1.82, 2.24) is 4.90 Å². The smallest absolute Gasteiger partial charge is 0.307 e. The van der Waals surface area contributed by atoms with Gasteiger partial charge in [0.05, 0.1) is 6.42 Å². The first kappa shape index (κ1) is 22.0. The molecule has 0 bridgehead atoms. The fourth-order valence-electron chi connectivity index (χ4n) is 3.93. The van der Waals surface area contributed by atoms with Crippen LogP contribution in [0.3, 0.4) is 0 Å². The Morgan fingerprint density at radius 1 is 1.12 bits per heavy atom. The first-order valence-electron chi connectivity index (χ1n) is 10.3. The molecule has 1 amide bonds. The number of halogens is 1. The second-order valence-corrected chi connectivity index (χ2v) is 8.35. The quantitative estimate of drug-likeness (QED) is 0.557. The third-order valence-electron chi connectivity index (χ3n) is 5.48. The number of carboxylic acid groups (broad SMARTS) is 1. The number of carbonyl (C=O) groups excluding carboxylic acids is 1. The van der Waals surface area contributed by atoms with Gasteiger partial charge < -0.3 is 14.7 Å². The predicted molar refractivity (Wildman–Crippen MR) is 124 cm³/mol. The van der Waals surface area contributed by atoms with Crippen LogP contribution >= 0.6 is 11.6 Å². The number of carbonyl (C=O) groups is 2. The van der Waals surface area contributed by atoms with Gasteiger partial charge >= 0.3 is 5.97 Å². The zero-order chi connectivity index (χ0) is 22.7. The van der Waals surface area contributed by atoms with E-state index in [1.165, 1.54) is 0 Å². The van der Waals surface area contributed by atoms with Crippen LogP contribution in [0, 0.1) is 0 Å². The van der Waals surface area contributed by atoms with Crippen LogP contribution in [0.1, 0.15) is 29.0 Å². The van der Waals surface area contributed by atoms with Gasteiger partial charge in [0, 0.05) is 36.0 Å². The van der Waals surface area contributed by atoms with Crippen molar-refractivity contribution in [2.75, 3.05) is 6.54 Å². The molecule has 0 aliphatic carbocycles. The molecule has 1 aliphatic rings. The van der Waals surface area contributed by atoms with Gasteiger partial charge in [-0.3, -0.25) is 9.59 Å². The van der Waals surface area contributed by atoms with Crippen molar-refractivity contribution in [3.8, 4) is 11.5 Å². The number of ether oxygens (including phenoxy) is 1. The number of carboxylic acids is 1. The Hall–Kier alpha value is -3.25. The summed E-state index contributed by atoms with van der Waals surface area (Å²) in [4.78, 5) is 25.5. The van der Waals surface area contributed by atoms with Crippen LogP contribution < -0.4 is 10.2 Å². The number of amides is 1. The number of nitrogens with zero attached hydrogens (tertiary/aromatic N) is 1. The van der Waals surface area contributed by atoms with Crippen molar-refractivity contribution in [2.45, 2.75) is 25.3 Å². The SMILES string of the molecule is [B]c1ccc(Oc2cccc(CC(=O)O)c2)c(CN2CC(c3ccc(Cl)cc3)CC2=O)c1. The molecule has 1 N–H and O–H groups in total. The van der Waals surface area contributed by atoms with E-state index in [0.717, 1.165) is 11.1 Å². The first-order chi connectivity index (χ1) is 15.4. The van der Waals surface area contributed by atoms with Crippen molar-refractivity contribution in [3.63, 3.8) is 0 Å². The van der Waals surface area contributed by atoms with Gasteiger partial charge in [-0.1, -0.05) is 53.5 Å². The van der Waals surface area contributed by atoms with Crippen molar-refractivity contribution in [1.29, 1.82) is 0 Å². The van der Waals surface area contributed by atoms with E-state index in [2.05, 4.69) is 0 Å². The summed E-state index contributed by atoms with van der Waals surface area (Å²) < 4.78 is 6.06. The predicted octanol–water partition coefficient (Wildman–Crippen LogP) is 4.07. The van der Waals surface area contributed by atoms with Gasteiger partial charge in [0.2, 0.25) is 5.91 Å². The number of likely N-dealkylation sites (tertiary alicyclic amines) is 1. The van der Waals surface area contributed by atoms with Gasteiger partial charge in [-0.2, -0.15) is 0 Å². The Kier molecular flexibility index (Phi) is 6.51. The molecule has 1 aliphatic heterocycles. The van der Waals surface area contributed by atoms with E-state index in [4.69, 9.17) is 29.3 Å². The van der Waals surface area contributed by atoms with Gasteiger partial charge in [0.15, 0.2) is 0 Å². The lowest BCUT2D eigenvalue weighted by Crippen LogP contribution is -2.25. The highest BCUT2D eigenvalue weighted by atomic mass is 35.5. The van der Waals surface area contributed by atoms with E-state index < -0.39 is 5.97 Å². The van der Waals surface area contributed by atoms with E-state index in [9.17, 15) is 9.59 Å². The van der Waals surface area contributed by atoms with Crippen LogP contribution in [-0.4, -0.2) is 36.3 Å². The molecule has 3 aromatic carbocycles. The largest absolute Gasteiger partial charge is 0.481 e. The molecule has 0 saturated carbocycles. The minimum absolute atomic E-state index is 0.0711. The lowest BCUT2D eigenvalue weighted by Gasteiger charge is -2.20. The van der Waals surface area contributed by atoms with E-state index in [-0.39, 0.29) is 18.2 Å². The maximum absolute atomic E-state index is 12.7. The number of benzene rings is 3. The molecule has 1 atom stereocenters. The summed E-state index contributed by atoms with van der Waals surface area (Å²) in [7, 11) is 6.00. The number of hydrogen-bond acceptors (Lipinski definition) is 3. The molecule has 5 nitrogen and oxygen atoms in total. The lowest BCUT2D eigenvalue weighted by molar-refractivity contribution is -0.136. The Morgan fingerprint density at radius 2 is 1.91 bits per heavy atom. The molecule has 1 heterocycles. The molecule has 1 unspecified atom stereocenters. The summed E-state index contributed by atoms with van der Waals surface area (Å²) in [6.07, 6.45) is 0.359. The van der Waals surface area contributed by atoms with Gasteiger partial charge in [-0.05, 0) is 41.5 Å². The van der Waals surface area contributed by atoms with Gasteiger partial charge in [-0.15, -0.1) is 0 Å². The Morgan fingerprint density at radius 3 is 2.66 bits per heavy atom. The monoisotopic (exact) mass is 445 g/mol. The highest BCUT2D eigenvalue weighted by Crippen LogP contribution is 2.32. The maximum atomic E-state index is 12.7. The van der Waals surface area contributed by atoms with Crippen LogP contribution in [0.15, 0.2) is 66.7 Å². The molecule has 1 fully saturated rings. The van der Waals surface area contributed by atoms with Gasteiger partial charge in [-0.25, -0.2) is 0 Å². The molecule has 7 heteroatoms. The van der Waals surface area contributed by atoms with Crippen LogP contribution in [0.4, 0.5) is 0 Å². The van der Waals surface area contributed by atoms with Crippen LogP contribution in [-0.2, 0) is 22.6 Å². The van der Waals surface area contributed by atoms with Gasteiger partial charge in [0.1, 0.15) is 19.3 Å². The lowest BCUT2D eigenvalue weighted by atomic mass is 9.94. The Balaban J connectivity index is 1.52. The van der Waals surface area contributed by atoms with Crippen molar-refractivity contribution in [2.24, 2.45) is 0 Å². The second-order valence-electron chi connectivity index (χ2n) is 7.91. The zero-order valence-corrected chi connectivity index (χ0v) is 18.1. The fraction of sp³-hybridized carbons (Fsp3) is 0.200. The summed E-state index contributed by atoms with van der Waals surface area (Å²) in [5.74, 6) is 0.383. The molecule has 4 rings (SSSR count). The highest BCUT2D eigenvalue weighted by molar-refractivity contribution is 6.32. The topological polar surface area (TPSA) is 66.8 Å². The molecular formula is C25H21BClNO4. The van der Waals surface area contributed by atoms with Crippen LogP contribution in [0.2, 0.25) is 5.02 Å². The van der Waals surface area contributed by atoms with E-state index >= 15 is 0 Å². The van der Waals surface area contributed by atoms with Crippen molar-refractivity contribution < 1.29 is 19.4 Å². The standard InChI is InChI=1S/C25H21BClNO4/c26-20-6-9-23(32-22-3-1-2-16(10-22)11-25(30)31)19(12-20)15-28-14-18(13-24(28)29)17-4-7-21(27)8-5-17/h1-10,12,18H,11,13-15H2,(H,30,31). The highest BCUT2D eigenvalue weighted by Gasteiger charge is 2.31. The summed E-state index contributed by atoms with van der Waals surface area (Å²) in [6.45, 7) is 0.973. The summed E-state index contributed by atoms with van der Waals surface area (Å²) in [6, 6.07) is 19.9. The van der Waals surface area contributed by atoms with Crippen molar-refractivity contribution in [3.05, 3.63) is 88.4 Å². The minimum Gasteiger partial charge on any atom is -0.481 e. The van der Waals surface area contributed by atoms with E-state index in [0.29, 0.717) is 47.1 Å². The van der Waals surface area contributed by atoms with E-state index in [1.807, 2.05) is 29.2 Å². The Labute approximate surface area is 193 Å². The second kappa shape index (κ2) is 9.49.